The minimum Gasteiger partial charge on any atom is -0.207 e. The van der Waals surface area contributed by atoms with E-state index in [-0.39, 0.29) is 22.3 Å². The van der Waals surface area contributed by atoms with Crippen LogP contribution in [-0.2, 0) is 5.41 Å². The molecule has 0 aromatic heterocycles. The molecule has 0 amide bonds. The molecule has 7 aromatic carbocycles. The van der Waals surface area contributed by atoms with Crippen molar-refractivity contribution >= 4 is 0 Å². The predicted molar refractivity (Wildman–Crippen MR) is 181 cm³/mol. The standard InChI is InChI=1S/C43H24F8/c44-35-13-28(14-36(45)21-35)25-1-7-31(8-2-25)43(34-19-41(50)24-42(51)20-34,32-9-3-26(4-10-32)29-15-37(46)22-38(47)16-29)33-11-5-27(6-12-33)30-17-39(48)23-40(49)18-30/h1-24H. The number of rotatable bonds is 7. The highest BCUT2D eigenvalue weighted by atomic mass is 19.2. The van der Waals surface area contributed by atoms with Gasteiger partial charge in [0.05, 0.1) is 5.41 Å². The summed E-state index contributed by atoms with van der Waals surface area (Å²) in [5, 5.41) is 0. The Kier molecular flexibility index (Phi) is 8.77. The molecule has 0 saturated carbocycles. The van der Waals surface area contributed by atoms with Crippen molar-refractivity contribution < 1.29 is 35.1 Å². The van der Waals surface area contributed by atoms with E-state index in [1.54, 1.807) is 72.8 Å². The topological polar surface area (TPSA) is 0 Å². The molecule has 0 aliphatic carbocycles. The third kappa shape index (κ3) is 6.65. The van der Waals surface area contributed by atoms with E-state index in [1.807, 2.05) is 0 Å². The van der Waals surface area contributed by atoms with Crippen molar-refractivity contribution in [3.05, 3.63) is 214 Å². The Balaban J connectivity index is 1.48. The van der Waals surface area contributed by atoms with Gasteiger partial charge in [-0.1, -0.05) is 72.8 Å². The Morgan fingerprint density at radius 1 is 0.216 bits per heavy atom. The van der Waals surface area contributed by atoms with Crippen LogP contribution < -0.4 is 0 Å². The number of hydrogen-bond acceptors (Lipinski definition) is 0. The average Bonchev–Trinajstić information content (AvgIpc) is 3.08. The summed E-state index contributed by atoms with van der Waals surface area (Å²) in [6.45, 7) is 0. The largest absolute Gasteiger partial charge is 0.207 e. The van der Waals surface area contributed by atoms with Crippen LogP contribution in [0.5, 0.6) is 0 Å². The first-order valence-corrected chi connectivity index (χ1v) is 15.7. The number of benzene rings is 7. The van der Waals surface area contributed by atoms with E-state index in [1.165, 1.54) is 48.5 Å². The zero-order valence-corrected chi connectivity index (χ0v) is 26.4. The fourth-order valence-electron chi connectivity index (χ4n) is 6.67. The molecule has 0 spiro atoms. The van der Waals surface area contributed by atoms with E-state index >= 15 is 8.78 Å². The maximum absolute atomic E-state index is 15.1. The van der Waals surface area contributed by atoms with Crippen LogP contribution in [0.3, 0.4) is 0 Å². The van der Waals surface area contributed by atoms with Crippen LogP contribution in [0.25, 0.3) is 33.4 Å². The van der Waals surface area contributed by atoms with E-state index in [0.29, 0.717) is 33.4 Å². The van der Waals surface area contributed by atoms with Crippen LogP contribution in [-0.4, -0.2) is 0 Å². The summed E-state index contributed by atoms with van der Waals surface area (Å²) in [4.78, 5) is 0. The zero-order valence-electron chi connectivity index (χ0n) is 26.4. The summed E-state index contributed by atoms with van der Waals surface area (Å²) in [6.07, 6.45) is 0. The van der Waals surface area contributed by atoms with Gasteiger partial charge in [-0.2, -0.15) is 0 Å². The van der Waals surface area contributed by atoms with Gasteiger partial charge in [0.25, 0.3) is 0 Å². The highest BCUT2D eigenvalue weighted by Gasteiger charge is 2.39. The molecular weight excluding hydrogens is 668 g/mol. The quantitative estimate of drug-likeness (QED) is 0.115. The average molecular weight is 693 g/mol. The lowest BCUT2D eigenvalue weighted by Crippen LogP contribution is -2.31. The first-order chi connectivity index (χ1) is 24.5. The smallest absolute Gasteiger partial charge is 0.126 e. The summed E-state index contributed by atoms with van der Waals surface area (Å²) < 4.78 is 115. The Bertz CT molecular complexity index is 2070. The molecule has 0 aliphatic heterocycles. The van der Waals surface area contributed by atoms with Gasteiger partial charge in [-0.3, -0.25) is 0 Å². The Hall–Kier alpha value is -6.02. The van der Waals surface area contributed by atoms with E-state index in [0.717, 1.165) is 24.3 Å². The van der Waals surface area contributed by atoms with Crippen LogP contribution >= 0.6 is 0 Å². The second-order valence-electron chi connectivity index (χ2n) is 12.1. The fourth-order valence-corrected chi connectivity index (χ4v) is 6.67. The van der Waals surface area contributed by atoms with Gasteiger partial charge in [-0.25, -0.2) is 35.1 Å². The molecule has 0 heterocycles. The number of halogens is 8. The molecule has 0 fully saturated rings. The van der Waals surface area contributed by atoms with Gasteiger partial charge in [0, 0.05) is 24.3 Å². The molecule has 0 N–H and O–H groups in total. The van der Waals surface area contributed by atoms with Gasteiger partial charge in [0.15, 0.2) is 0 Å². The molecule has 0 bridgehead atoms. The lowest BCUT2D eigenvalue weighted by atomic mass is 9.64. The summed E-state index contributed by atoms with van der Waals surface area (Å²) in [6, 6.07) is 32.2. The fraction of sp³-hybridized carbons (Fsp3) is 0.0233. The van der Waals surface area contributed by atoms with E-state index < -0.39 is 52.0 Å². The van der Waals surface area contributed by atoms with Gasteiger partial charge in [-0.05, 0) is 104 Å². The van der Waals surface area contributed by atoms with Gasteiger partial charge in [0.2, 0.25) is 0 Å². The molecule has 7 rings (SSSR count). The second-order valence-corrected chi connectivity index (χ2v) is 12.1. The lowest BCUT2D eigenvalue weighted by molar-refractivity contribution is 0.573. The van der Waals surface area contributed by atoms with Crippen LogP contribution in [0.1, 0.15) is 22.3 Å². The Labute approximate surface area is 287 Å². The molecule has 0 aliphatic rings. The molecule has 0 nitrogen and oxygen atoms in total. The van der Waals surface area contributed by atoms with Crippen molar-refractivity contribution in [1.82, 2.24) is 0 Å². The summed E-state index contributed by atoms with van der Waals surface area (Å²) in [5.74, 6) is -6.33. The van der Waals surface area contributed by atoms with Gasteiger partial charge in [0.1, 0.15) is 46.5 Å². The van der Waals surface area contributed by atoms with E-state index in [9.17, 15) is 26.3 Å². The van der Waals surface area contributed by atoms with Crippen molar-refractivity contribution in [1.29, 1.82) is 0 Å². The summed E-state index contributed by atoms with van der Waals surface area (Å²) in [5.41, 5.74) is 2.33. The van der Waals surface area contributed by atoms with Gasteiger partial charge < -0.3 is 0 Å². The lowest BCUT2D eigenvalue weighted by Gasteiger charge is -2.37. The molecule has 8 heteroatoms. The molecule has 7 aromatic rings. The molecule has 0 atom stereocenters. The van der Waals surface area contributed by atoms with Crippen LogP contribution in [0.4, 0.5) is 35.1 Å². The first kappa shape index (κ1) is 33.5. The monoisotopic (exact) mass is 692 g/mol. The molecule has 252 valence electrons. The normalized spacial score (nSPS) is 11.5. The van der Waals surface area contributed by atoms with Crippen molar-refractivity contribution in [2.45, 2.75) is 5.41 Å². The SMILES string of the molecule is Fc1cc(F)cc(-c2ccc(C(c3ccc(-c4cc(F)cc(F)c4)cc3)(c3ccc(-c4cc(F)cc(F)c4)cc3)c3cc(F)cc(F)c3)cc2)c1. The molecule has 0 unspecified atom stereocenters. The number of hydrogen-bond donors (Lipinski definition) is 0. The van der Waals surface area contributed by atoms with Crippen molar-refractivity contribution in [3.8, 4) is 33.4 Å². The van der Waals surface area contributed by atoms with Crippen LogP contribution in [0, 0.1) is 46.5 Å². The van der Waals surface area contributed by atoms with Gasteiger partial charge >= 0.3 is 0 Å². The Morgan fingerprint density at radius 3 is 0.667 bits per heavy atom. The maximum atomic E-state index is 15.1. The van der Waals surface area contributed by atoms with Gasteiger partial charge in [-0.15, -0.1) is 0 Å². The van der Waals surface area contributed by atoms with Crippen LogP contribution in [0.2, 0.25) is 0 Å². The van der Waals surface area contributed by atoms with E-state index in [2.05, 4.69) is 0 Å². The zero-order chi connectivity index (χ0) is 35.9. The highest BCUT2D eigenvalue weighted by Crippen LogP contribution is 2.47. The summed E-state index contributed by atoms with van der Waals surface area (Å²) >= 11 is 0. The maximum Gasteiger partial charge on any atom is 0.126 e. The van der Waals surface area contributed by atoms with E-state index in [4.69, 9.17) is 0 Å². The molecule has 0 radical (unpaired) electrons. The highest BCUT2D eigenvalue weighted by molar-refractivity contribution is 5.71. The van der Waals surface area contributed by atoms with Crippen molar-refractivity contribution in [2.75, 3.05) is 0 Å². The minimum atomic E-state index is -1.48. The minimum absolute atomic E-state index is 0.165. The molecule has 0 saturated heterocycles. The Morgan fingerprint density at radius 2 is 0.431 bits per heavy atom. The third-order valence-electron chi connectivity index (χ3n) is 8.84. The van der Waals surface area contributed by atoms with Crippen molar-refractivity contribution in [2.24, 2.45) is 0 Å². The van der Waals surface area contributed by atoms with Crippen LogP contribution in [0.15, 0.2) is 146 Å². The molecular formula is C43H24F8. The third-order valence-corrected chi connectivity index (χ3v) is 8.84. The van der Waals surface area contributed by atoms with Crippen molar-refractivity contribution in [3.63, 3.8) is 0 Å². The molecule has 51 heavy (non-hydrogen) atoms. The predicted octanol–water partition coefficient (Wildman–Crippen LogP) is 12.2. The summed E-state index contributed by atoms with van der Waals surface area (Å²) in [7, 11) is 0. The second kappa shape index (κ2) is 13.4. The first-order valence-electron chi connectivity index (χ1n) is 15.7.